The number of hydrogen-bond acceptors (Lipinski definition) is 2. The van der Waals surface area contributed by atoms with Crippen LogP contribution in [-0.2, 0) is 17.6 Å². The second-order valence-electron chi connectivity index (χ2n) is 5.59. The van der Waals surface area contributed by atoms with E-state index in [0.717, 1.165) is 18.4 Å². The Morgan fingerprint density at radius 2 is 1.82 bits per heavy atom. The molecule has 0 fully saturated rings. The van der Waals surface area contributed by atoms with E-state index in [4.69, 9.17) is 5.73 Å². The van der Waals surface area contributed by atoms with Crippen LogP contribution in [0.3, 0.4) is 0 Å². The average molecular weight is 317 g/mol. The van der Waals surface area contributed by atoms with Gasteiger partial charge in [0.05, 0.1) is 12.1 Å². The Labute approximate surface area is 137 Å². The van der Waals surface area contributed by atoms with Crippen LogP contribution in [0.5, 0.6) is 0 Å². The van der Waals surface area contributed by atoms with E-state index in [1.807, 2.05) is 42.5 Å². The SMILES string of the molecule is Cl.N[C@@H](Cc1ccccc1)C(=O)NC1CCc2ccccc21. The van der Waals surface area contributed by atoms with Gasteiger partial charge in [-0.25, -0.2) is 0 Å². The third-order valence-electron chi connectivity index (χ3n) is 4.08. The van der Waals surface area contributed by atoms with Gasteiger partial charge in [-0.1, -0.05) is 54.6 Å². The quantitative estimate of drug-likeness (QED) is 0.911. The number of carbonyl (C=O) groups is 1. The summed E-state index contributed by atoms with van der Waals surface area (Å²) in [5.41, 5.74) is 9.69. The third-order valence-corrected chi connectivity index (χ3v) is 4.08. The van der Waals surface area contributed by atoms with Crippen LogP contribution in [0.4, 0.5) is 0 Å². The zero-order valence-corrected chi connectivity index (χ0v) is 13.2. The van der Waals surface area contributed by atoms with Crippen molar-refractivity contribution in [3.8, 4) is 0 Å². The van der Waals surface area contributed by atoms with Crippen molar-refractivity contribution in [3.63, 3.8) is 0 Å². The smallest absolute Gasteiger partial charge is 0.237 e. The second kappa shape index (κ2) is 7.43. The van der Waals surface area contributed by atoms with Gasteiger partial charge in [0.25, 0.3) is 0 Å². The van der Waals surface area contributed by atoms with Crippen molar-refractivity contribution in [1.82, 2.24) is 5.32 Å². The summed E-state index contributed by atoms with van der Waals surface area (Å²) in [7, 11) is 0. The van der Waals surface area contributed by atoms with Crippen LogP contribution < -0.4 is 11.1 Å². The summed E-state index contributed by atoms with van der Waals surface area (Å²) in [6.07, 6.45) is 2.55. The van der Waals surface area contributed by atoms with Gasteiger partial charge in [0.1, 0.15) is 0 Å². The van der Waals surface area contributed by atoms with E-state index >= 15 is 0 Å². The fraction of sp³-hybridized carbons (Fsp3) is 0.278. The average Bonchev–Trinajstić information content (AvgIpc) is 2.91. The number of fused-ring (bicyclic) bond motifs is 1. The zero-order valence-electron chi connectivity index (χ0n) is 12.4. The lowest BCUT2D eigenvalue weighted by atomic mass is 10.0. The molecule has 116 valence electrons. The highest BCUT2D eigenvalue weighted by molar-refractivity contribution is 5.85. The Hall–Kier alpha value is -1.84. The molecule has 0 aromatic heterocycles. The van der Waals surface area contributed by atoms with Gasteiger partial charge in [0, 0.05) is 0 Å². The highest BCUT2D eigenvalue weighted by Gasteiger charge is 2.25. The van der Waals surface area contributed by atoms with E-state index in [1.54, 1.807) is 0 Å². The van der Waals surface area contributed by atoms with Crippen molar-refractivity contribution >= 4 is 18.3 Å². The van der Waals surface area contributed by atoms with Crippen molar-refractivity contribution in [3.05, 3.63) is 71.3 Å². The molecule has 1 aliphatic carbocycles. The van der Waals surface area contributed by atoms with E-state index in [0.29, 0.717) is 6.42 Å². The number of benzene rings is 2. The fourth-order valence-corrected chi connectivity index (χ4v) is 2.95. The van der Waals surface area contributed by atoms with Crippen molar-refractivity contribution in [2.24, 2.45) is 5.73 Å². The van der Waals surface area contributed by atoms with Gasteiger partial charge in [-0.05, 0) is 36.0 Å². The largest absolute Gasteiger partial charge is 0.348 e. The molecule has 1 amide bonds. The van der Waals surface area contributed by atoms with E-state index in [2.05, 4.69) is 17.4 Å². The summed E-state index contributed by atoms with van der Waals surface area (Å²) in [6.45, 7) is 0. The predicted molar refractivity (Wildman–Crippen MR) is 91.0 cm³/mol. The first-order chi connectivity index (χ1) is 10.2. The Morgan fingerprint density at radius 1 is 1.14 bits per heavy atom. The van der Waals surface area contributed by atoms with Crippen LogP contribution >= 0.6 is 12.4 Å². The molecule has 0 saturated heterocycles. The second-order valence-corrected chi connectivity index (χ2v) is 5.59. The molecule has 0 aliphatic heterocycles. The normalized spacial score (nSPS) is 17.2. The summed E-state index contributed by atoms with van der Waals surface area (Å²) < 4.78 is 0. The number of carbonyl (C=O) groups excluding carboxylic acids is 1. The highest BCUT2D eigenvalue weighted by Crippen LogP contribution is 2.30. The standard InChI is InChI=1S/C18H20N2O.ClH/c19-16(12-13-6-2-1-3-7-13)18(21)20-17-11-10-14-8-4-5-9-15(14)17;/h1-9,16-17H,10-12,19H2,(H,20,21);1H/t16-,17?;/m0./s1. The van der Waals surface area contributed by atoms with Crippen LogP contribution in [0.2, 0.25) is 0 Å². The Morgan fingerprint density at radius 3 is 2.59 bits per heavy atom. The lowest BCUT2D eigenvalue weighted by molar-refractivity contribution is -0.123. The number of rotatable bonds is 4. The molecule has 0 radical (unpaired) electrons. The molecular weight excluding hydrogens is 296 g/mol. The number of halogens is 1. The predicted octanol–water partition coefficient (Wildman–Crippen LogP) is 2.78. The third kappa shape index (κ3) is 3.67. The minimum Gasteiger partial charge on any atom is -0.348 e. The van der Waals surface area contributed by atoms with Gasteiger partial charge in [-0.15, -0.1) is 12.4 Å². The van der Waals surface area contributed by atoms with Gasteiger partial charge in [-0.3, -0.25) is 4.79 Å². The molecule has 2 aromatic carbocycles. The highest BCUT2D eigenvalue weighted by atomic mass is 35.5. The summed E-state index contributed by atoms with van der Waals surface area (Å²) in [5, 5.41) is 3.09. The number of hydrogen-bond donors (Lipinski definition) is 2. The zero-order chi connectivity index (χ0) is 14.7. The molecule has 2 aromatic rings. The Kier molecular flexibility index (Phi) is 5.58. The molecule has 0 heterocycles. The van der Waals surface area contributed by atoms with Gasteiger partial charge in [0.2, 0.25) is 5.91 Å². The molecule has 1 unspecified atom stereocenters. The van der Waals surface area contributed by atoms with Gasteiger partial charge in [0.15, 0.2) is 0 Å². The molecule has 3 rings (SSSR count). The molecule has 3 nitrogen and oxygen atoms in total. The number of aryl methyl sites for hydroxylation is 1. The van der Waals surface area contributed by atoms with Gasteiger partial charge in [-0.2, -0.15) is 0 Å². The van der Waals surface area contributed by atoms with Crippen molar-refractivity contribution < 1.29 is 4.79 Å². The molecule has 3 N–H and O–H groups in total. The van der Waals surface area contributed by atoms with E-state index in [9.17, 15) is 4.79 Å². The van der Waals surface area contributed by atoms with E-state index in [1.165, 1.54) is 11.1 Å². The summed E-state index contributed by atoms with van der Waals surface area (Å²) in [4.78, 5) is 12.3. The summed E-state index contributed by atoms with van der Waals surface area (Å²) in [6, 6.07) is 17.8. The Bertz CT molecular complexity index is 630. The molecular formula is C18H21ClN2O. The van der Waals surface area contributed by atoms with Crippen LogP contribution in [0.15, 0.2) is 54.6 Å². The first-order valence-corrected chi connectivity index (χ1v) is 7.42. The maximum Gasteiger partial charge on any atom is 0.237 e. The first-order valence-electron chi connectivity index (χ1n) is 7.42. The molecule has 0 spiro atoms. The molecule has 1 aliphatic rings. The molecule has 22 heavy (non-hydrogen) atoms. The van der Waals surface area contributed by atoms with Crippen LogP contribution in [0, 0.1) is 0 Å². The monoisotopic (exact) mass is 316 g/mol. The molecule has 0 saturated carbocycles. The molecule has 0 bridgehead atoms. The van der Waals surface area contributed by atoms with Crippen LogP contribution in [-0.4, -0.2) is 11.9 Å². The molecule has 2 atom stereocenters. The van der Waals surface area contributed by atoms with Crippen molar-refractivity contribution in [2.45, 2.75) is 31.3 Å². The van der Waals surface area contributed by atoms with Crippen LogP contribution in [0.1, 0.15) is 29.2 Å². The summed E-state index contributed by atoms with van der Waals surface area (Å²) in [5.74, 6) is -0.0689. The summed E-state index contributed by atoms with van der Waals surface area (Å²) >= 11 is 0. The first kappa shape index (κ1) is 16.5. The topological polar surface area (TPSA) is 55.1 Å². The van der Waals surface area contributed by atoms with Gasteiger partial charge < -0.3 is 11.1 Å². The number of nitrogens with two attached hydrogens (primary N) is 1. The van der Waals surface area contributed by atoms with Crippen molar-refractivity contribution in [2.75, 3.05) is 0 Å². The minimum absolute atomic E-state index is 0. The van der Waals surface area contributed by atoms with E-state index in [-0.39, 0.29) is 24.4 Å². The lowest BCUT2D eigenvalue weighted by Crippen LogP contribution is -2.43. The maximum absolute atomic E-state index is 12.3. The van der Waals surface area contributed by atoms with Crippen LogP contribution in [0.25, 0.3) is 0 Å². The van der Waals surface area contributed by atoms with Gasteiger partial charge >= 0.3 is 0 Å². The van der Waals surface area contributed by atoms with Crippen molar-refractivity contribution in [1.29, 1.82) is 0 Å². The van der Waals surface area contributed by atoms with E-state index < -0.39 is 6.04 Å². The lowest BCUT2D eigenvalue weighted by Gasteiger charge is -2.18. The Balaban J connectivity index is 0.00000176. The molecule has 4 heteroatoms. The minimum atomic E-state index is -0.500. The maximum atomic E-state index is 12.3. The number of amides is 1. The fourth-order valence-electron chi connectivity index (χ4n) is 2.95. The number of nitrogens with one attached hydrogen (secondary N) is 1.